The minimum absolute atomic E-state index is 0.00396. The van der Waals surface area contributed by atoms with Crippen LogP contribution in [0.15, 0.2) is 42.5 Å². The summed E-state index contributed by atoms with van der Waals surface area (Å²) in [5, 5.41) is 4.63. The van der Waals surface area contributed by atoms with Gasteiger partial charge in [-0.2, -0.15) is 16.9 Å². The van der Waals surface area contributed by atoms with Gasteiger partial charge in [0.1, 0.15) is 23.0 Å². The molecule has 0 saturated heterocycles. The van der Waals surface area contributed by atoms with Gasteiger partial charge in [-0.3, -0.25) is 0 Å². The van der Waals surface area contributed by atoms with Crippen molar-refractivity contribution in [3.8, 4) is 5.69 Å². The van der Waals surface area contributed by atoms with E-state index >= 15 is 0 Å². The molecule has 158 valence electrons. The van der Waals surface area contributed by atoms with Crippen LogP contribution in [0.5, 0.6) is 0 Å². The first-order valence-corrected chi connectivity index (χ1v) is 10.6. The number of benzene rings is 2. The van der Waals surface area contributed by atoms with E-state index in [4.69, 9.17) is 9.47 Å². The average Bonchev–Trinajstić information content (AvgIpc) is 3.11. The maximum absolute atomic E-state index is 14.7. The zero-order valence-corrected chi connectivity index (χ0v) is 17.4. The topological polar surface area (TPSA) is 36.3 Å². The van der Waals surface area contributed by atoms with Crippen molar-refractivity contribution in [2.24, 2.45) is 0 Å². The summed E-state index contributed by atoms with van der Waals surface area (Å²) in [6, 6.07) is 9.81. The molecule has 0 aliphatic carbocycles. The fourth-order valence-corrected chi connectivity index (χ4v) is 5.01. The third-order valence-corrected chi connectivity index (χ3v) is 6.32. The average molecular weight is 434 g/mol. The normalized spacial score (nSPS) is 16.1. The van der Waals surface area contributed by atoms with Gasteiger partial charge in [0.25, 0.3) is 0 Å². The van der Waals surface area contributed by atoms with Crippen LogP contribution in [0.4, 0.5) is 13.2 Å². The monoisotopic (exact) mass is 434 g/mol. The van der Waals surface area contributed by atoms with E-state index in [1.165, 1.54) is 38.5 Å². The smallest absolute Gasteiger partial charge is 0.202 e. The maximum Gasteiger partial charge on any atom is 0.202 e. The Bertz CT molecular complexity index is 1040. The molecule has 8 heteroatoms. The Labute approximate surface area is 177 Å². The fourth-order valence-electron chi connectivity index (χ4n) is 3.84. The van der Waals surface area contributed by atoms with Crippen LogP contribution in [0.2, 0.25) is 0 Å². The van der Waals surface area contributed by atoms with Gasteiger partial charge in [-0.1, -0.05) is 12.1 Å². The molecule has 1 aromatic heterocycles. The summed E-state index contributed by atoms with van der Waals surface area (Å²) in [5.74, 6) is -0.162. The Kier molecular flexibility index (Phi) is 6.17. The Hall–Kier alpha value is -2.29. The summed E-state index contributed by atoms with van der Waals surface area (Å²) in [5.41, 5.74) is 3.49. The second-order valence-corrected chi connectivity index (χ2v) is 8.13. The molecular weight excluding hydrogens is 413 g/mol. The molecule has 0 bridgehead atoms. The van der Waals surface area contributed by atoms with Crippen molar-refractivity contribution in [1.29, 1.82) is 0 Å². The van der Waals surface area contributed by atoms with E-state index in [9.17, 15) is 13.2 Å². The van der Waals surface area contributed by atoms with Gasteiger partial charge in [0.05, 0.1) is 5.69 Å². The van der Waals surface area contributed by atoms with Crippen molar-refractivity contribution in [3.05, 3.63) is 82.4 Å². The predicted molar refractivity (Wildman–Crippen MR) is 109 cm³/mol. The number of hydrogen-bond acceptors (Lipinski definition) is 4. The van der Waals surface area contributed by atoms with Gasteiger partial charge >= 0.3 is 0 Å². The van der Waals surface area contributed by atoms with Crippen LogP contribution in [-0.2, 0) is 21.6 Å². The van der Waals surface area contributed by atoms with Gasteiger partial charge in [-0.15, -0.1) is 0 Å². The molecule has 0 N–H and O–H groups in total. The van der Waals surface area contributed by atoms with Gasteiger partial charge in [-0.25, -0.2) is 17.9 Å². The van der Waals surface area contributed by atoms with Crippen LogP contribution >= 0.6 is 11.8 Å². The number of rotatable bonds is 6. The highest BCUT2D eigenvalue weighted by atomic mass is 32.2. The Morgan fingerprint density at radius 2 is 1.77 bits per heavy atom. The zero-order chi connectivity index (χ0) is 21.3. The highest BCUT2D eigenvalue weighted by Gasteiger charge is 2.33. The molecule has 2 aromatic carbocycles. The molecule has 4 rings (SSSR count). The standard InChI is InChI=1S/C22H21F3N2O2S/c1-28-22(29-2)20-17-12-30-11-14(9-13-3-5-15(23)6-4-13)21(17)27(26-20)19-8-7-16(24)10-18(19)25/h3-8,10,14,22H,9,11-12H2,1-2H3. The van der Waals surface area contributed by atoms with Crippen LogP contribution in [-0.4, -0.2) is 29.8 Å². The molecule has 0 saturated carbocycles. The first-order chi connectivity index (χ1) is 14.5. The molecule has 30 heavy (non-hydrogen) atoms. The highest BCUT2D eigenvalue weighted by Crippen LogP contribution is 2.41. The van der Waals surface area contributed by atoms with Crippen LogP contribution in [0.1, 0.15) is 34.7 Å². The molecule has 4 nitrogen and oxygen atoms in total. The van der Waals surface area contributed by atoms with E-state index < -0.39 is 17.9 Å². The first-order valence-electron chi connectivity index (χ1n) is 9.46. The fraction of sp³-hybridized carbons (Fsp3) is 0.318. The van der Waals surface area contributed by atoms with Gasteiger partial charge < -0.3 is 9.47 Å². The molecule has 1 aliphatic rings. The van der Waals surface area contributed by atoms with Crippen LogP contribution in [0.25, 0.3) is 5.69 Å². The predicted octanol–water partition coefficient (Wildman–Crippen LogP) is 5.15. The Morgan fingerprint density at radius 3 is 2.43 bits per heavy atom. The molecule has 0 radical (unpaired) electrons. The summed E-state index contributed by atoms with van der Waals surface area (Å²) >= 11 is 1.74. The van der Waals surface area contributed by atoms with Crippen LogP contribution in [0.3, 0.4) is 0 Å². The van der Waals surface area contributed by atoms with Crippen molar-refractivity contribution in [1.82, 2.24) is 9.78 Å². The number of thioether (sulfide) groups is 1. The molecule has 3 aromatic rings. The first kappa shape index (κ1) is 21.0. The summed E-state index contributed by atoms with van der Waals surface area (Å²) in [6.45, 7) is 0. The SMILES string of the molecule is COC(OC)c1nn(-c2ccc(F)cc2F)c2c1CSCC2Cc1ccc(F)cc1. The number of ether oxygens (including phenoxy) is 2. The van der Waals surface area contributed by atoms with Gasteiger partial charge in [0.2, 0.25) is 6.29 Å². The molecule has 0 amide bonds. The number of aromatic nitrogens is 2. The number of halogens is 3. The Balaban J connectivity index is 1.84. The molecule has 1 atom stereocenters. The lowest BCUT2D eigenvalue weighted by Crippen LogP contribution is -2.18. The van der Waals surface area contributed by atoms with E-state index in [0.717, 1.165) is 28.6 Å². The highest BCUT2D eigenvalue weighted by molar-refractivity contribution is 7.98. The largest absolute Gasteiger partial charge is 0.350 e. The summed E-state index contributed by atoms with van der Waals surface area (Å²) in [4.78, 5) is 0. The van der Waals surface area contributed by atoms with Gasteiger partial charge in [-0.05, 0) is 36.2 Å². The van der Waals surface area contributed by atoms with Gasteiger partial charge in [0, 0.05) is 43.3 Å². The molecule has 1 unspecified atom stereocenters. The lowest BCUT2D eigenvalue weighted by molar-refractivity contribution is -0.109. The van der Waals surface area contributed by atoms with Crippen LogP contribution < -0.4 is 0 Å². The molecule has 1 aliphatic heterocycles. The van der Waals surface area contributed by atoms with Crippen molar-refractivity contribution in [2.75, 3.05) is 20.0 Å². The van der Waals surface area contributed by atoms with Crippen molar-refractivity contribution in [3.63, 3.8) is 0 Å². The van der Waals surface area contributed by atoms with Crippen molar-refractivity contribution in [2.45, 2.75) is 24.4 Å². The summed E-state index contributed by atoms with van der Waals surface area (Å²) in [6.07, 6.45) is -0.0625. The summed E-state index contributed by atoms with van der Waals surface area (Å²) in [7, 11) is 3.04. The molecule has 0 fully saturated rings. The third-order valence-electron chi connectivity index (χ3n) is 5.19. The third kappa shape index (κ3) is 3.99. The van der Waals surface area contributed by atoms with Crippen molar-refractivity contribution >= 4 is 11.8 Å². The molecule has 0 spiro atoms. The second kappa shape index (κ2) is 8.83. The molecule has 2 heterocycles. The number of methoxy groups -OCH3 is 2. The lowest BCUT2D eigenvalue weighted by atomic mass is 9.94. The van der Waals surface area contributed by atoms with E-state index in [2.05, 4.69) is 5.10 Å². The Morgan fingerprint density at radius 1 is 1.07 bits per heavy atom. The minimum atomic E-state index is -0.700. The van der Waals surface area contributed by atoms with E-state index in [1.807, 2.05) is 0 Å². The minimum Gasteiger partial charge on any atom is -0.350 e. The van der Waals surface area contributed by atoms with E-state index in [1.54, 1.807) is 28.6 Å². The van der Waals surface area contributed by atoms with Crippen LogP contribution in [0, 0.1) is 17.5 Å². The molecular formula is C22H21F3N2O2S. The number of nitrogens with zero attached hydrogens (tertiary/aromatic N) is 2. The lowest BCUT2D eigenvalue weighted by Gasteiger charge is -2.25. The number of fused-ring (bicyclic) bond motifs is 1. The second-order valence-electron chi connectivity index (χ2n) is 7.10. The van der Waals surface area contributed by atoms with E-state index in [0.29, 0.717) is 17.9 Å². The van der Waals surface area contributed by atoms with E-state index in [-0.39, 0.29) is 17.4 Å². The zero-order valence-electron chi connectivity index (χ0n) is 16.6. The van der Waals surface area contributed by atoms with Crippen molar-refractivity contribution < 1.29 is 22.6 Å². The quantitative estimate of drug-likeness (QED) is 0.503. The maximum atomic E-state index is 14.7. The number of hydrogen-bond donors (Lipinski definition) is 0. The summed E-state index contributed by atoms with van der Waals surface area (Å²) < 4.78 is 53.9. The van der Waals surface area contributed by atoms with Gasteiger partial charge in [0.15, 0.2) is 5.82 Å².